The summed E-state index contributed by atoms with van der Waals surface area (Å²) in [4.78, 5) is 2.25. The van der Waals surface area contributed by atoms with E-state index in [0.717, 1.165) is 29.1 Å². The first-order chi connectivity index (χ1) is 16.6. The van der Waals surface area contributed by atoms with Crippen LogP contribution in [0.2, 0.25) is 0 Å². The van der Waals surface area contributed by atoms with Gasteiger partial charge in [-0.15, -0.1) is 0 Å². The Hall–Kier alpha value is -2.67. The molecule has 1 aromatic heterocycles. The minimum absolute atomic E-state index is 0.219. The van der Waals surface area contributed by atoms with Crippen molar-refractivity contribution in [1.82, 2.24) is 14.7 Å². The van der Waals surface area contributed by atoms with Gasteiger partial charge in [-0.05, 0) is 72.2 Å². The highest BCUT2D eigenvalue weighted by Gasteiger charge is 2.25. The largest absolute Gasteiger partial charge is 0.439 e. The van der Waals surface area contributed by atoms with Crippen LogP contribution in [-0.2, 0) is 17.7 Å². The van der Waals surface area contributed by atoms with Gasteiger partial charge >= 0.3 is 0 Å². The molecular formula is C29H41N3O3. The fourth-order valence-corrected chi connectivity index (χ4v) is 3.82. The van der Waals surface area contributed by atoms with Crippen LogP contribution in [0.3, 0.4) is 0 Å². The van der Waals surface area contributed by atoms with Crippen LogP contribution in [0.5, 0.6) is 11.6 Å². The van der Waals surface area contributed by atoms with Gasteiger partial charge in [0.25, 0.3) is 0 Å². The lowest BCUT2D eigenvalue weighted by Crippen LogP contribution is -2.40. The van der Waals surface area contributed by atoms with Gasteiger partial charge in [-0.25, -0.2) is 4.68 Å². The molecular weight excluding hydrogens is 438 g/mol. The Kier molecular flexibility index (Phi) is 9.11. The third-order valence-electron chi connectivity index (χ3n) is 5.84. The summed E-state index contributed by atoms with van der Waals surface area (Å²) in [6.45, 7) is 15.9. The molecule has 0 spiro atoms. The van der Waals surface area contributed by atoms with Crippen molar-refractivity contribution in [3.8, 4) is 17.3 Å². The fourth-order valence-electron chi connectivity index (χ4n) is 3.82. The van der Waals surface area contributed by atoms with Crippen LogP contribution in [0.4, 0.5) is 0 Å². The lowest BCUT2D eigenvalue weighted by atomic mass is 10.1. The average Bonchev–Trinajstić information content (AvgIpc) is 3.15. The number of benzene rings is 2. The molecule has 0 fully saturated rings. The summed E-state index contributed by atoms with van der Waals surface area (Å²) < 4.78 is 14.2. The first-order valence-corrected chi connectivity index (χ1v) is 12.5. The highest BCUT2D eigenvalue weighted by Crippen LogP contribution is 2.32. The van der Waals surface area contributed by atoms with E-state index in [2.05, 4.69) is 32.6 Å². The molecule has 0 bridgehead atoms. The number of ether oxygens (including phenoxy) is 2. The lowest BCUT2D eigenvalue weighted by molar-refractivity contribution is -0.0587. The Morgan fingerprint density at radius 2 is 1.69 bits per heavy atom. The Balaban J connectivity index is 1.96. The average molecular weight is 480 g/mol. The second kappa shape index (κ2) is 11.8. The van der Waals surface area contributed by atoms with Crippen molar-refractivity contribution < 1.29 is 14.6 Å². The van der Waals surface area contributed by atoms with Gasteiger partial charge in [0, 0.05) is 19.1 Å². The maximum absolute atomic E-state index is 10.7. The Bertz CT molecular complexity index is 1050. The number of para-hydroxylation sites is 1. The van der Waals surface area contributed by atoms with Gasteiger partial charge in [-0.2, -0.15) is 5.10 Å². The predicted octanol–water partition coefficient (Wildman–Crippen LogP) is 5.92. The van der Waals surface area contributed by atoms with E-state index in [4.69, 9.17) is 14.6 Å². The Morgan fingerprint density at radius 1 is 1.03 bits per heavy atom. The third-order valence-corrected chi connectivity index (χ3v) is 5.84. The van der Waals surface area contributed by atoms with E-state index in [-0.39, 0.29) is 11.6 Å². The van der Waals surface area contributed by atoms with Crippen molar-refractivity contribution in [2.75, 3.05) is 13.2 Å². The van der Waals surface area contributed by atoms with E-state index in [1.807, 2.05) is 80.1 Å². The molecule has 35 heavy (non-hydrogen) atoms. The van der Waals surface area contributed by atoms with E-state index in [0.29, 0.717) is 25.6 Å². The maximum atomic E-state index is 10.7. The zero-order valence-electron chi connectivity index (χ0n) is 22.3. The van der Waals surface area contributed by atoms with Gasteiger partial charge in [-0.3, -0.25) is 4.90 Å². The molecule has 0 aliphatic carbocycles. The molecule has 3 aromatic rings. The monoisotopic (exact) mass is 479 g/mol. The molecule has 0 saturated heterocycles. The minimum atomic E-state index is -0.590. The number of hydrogen-bond acceptors (Lipinski definition) is 5. The Morgan fingerprint density at radius 3 is 2.26 bits per heavy atom. The van der Waals surface area contributed by atoms with Crippen molar-refractivity contribution in [1.29, 1.82) is 0 Å². The molecule has 6 nitrogen and oxygen atoms in total. The van der Waals surface area contributed by atoms with E-state index in [1.165, 1.54) is 5.56 Å². The van der Waals surface area contributed by atoms with Crippen LogP contribution in [0, 0.1) is 6.92 Å². The summed E-state index contributed by atoms with van der Waals surface area (Å²) >= 11 is 0. The van der Waals surface area contributed by atoms with Crippen molar-refractivity contribution in [3.05, 3.63) is 71.4 Å². The normalized spacial score (nSPS) is 13.0. The number of aliphatic hydroxyl groups excluding tert-OH is 1. The molecule has 190 valence electrons. The summed E-state index contributed by atoms with van der Waals surface area (Å²) in [5.74, 6) is 1.48. The second-order valence-corrected chi connectivity index (χ2v) is 10.3. The first kappa shape index (κ1) is 26.9. The summed E-state index contributed by atoms with van der Waals surface area (Å²) in [5, 5.41) is 15.7. The van der Waals surface area contributed by atoms with Crippen LogP contribution in [0.1, 0.15) is 58.4 Å². The fraction of sp³-hybridized carbons (Fsp3) is 0.483. The predicted molar refractivity (Wildman–Crippen MR) is 141 cm³/mol. The van der Waals surface area contributed by atoms with Gasteiger partial charge in [0.05, 0.1) is 35.3 Å². The molecule has 3 rings (SSSR count). The molecule has 0 amide bonds. The van der Waals surface area contributed by atoms with Crippen molar-refractivity contribution in [3.63, 3.8) is 0 Å². The molecule has 0 aliphatic heterocycles. The molecule has 1 heterocycles. The maximum Gasteiger partial charge on any atom is 0.227 e. The number of hydrogen-bond donors (Lipinski definition) is 1. The van der Waals surface area contributed by atoms with Crippen molar-refractivity contribution >= 4 is 0 Å². The third kappa shape index (κ3) is 7.66. The van der Waals surface area contributed by atoms with Crippen molar-refractivity contribution in [2.45, 2.75) is 79.2 Å². The van der Waals surface area contributed by atoms with E-state index < -0.39 is 6.10 Å². The van der Waals surface area contributed by atoms with Crippen LogP contribution < -0.4 is 4.74 Å². The Labute approximate surface area is 210 Å². The van der Waals surface area contributed by atoms with E-state index in [9.17, 15) is 5.11 Å². The second-order valence-electron chi connectivity index (χ2n) is 10.3. The summed E-state index contributed by atoms with van der Waals surface area (Å²) in [6, 6.07) is 18.4. The van der Waals surface area contributed by atoms with Gasteiger partial charge in [0.1, 0.15) is 5.75 Å². The molecule has 6 heteroatoms. The van der Waals surface area contributed by atoms with E-state index >= 15 is 0 Å². The number of nitrogens with zero attached hydrogens (tertiary/aromatic N) is 3. The summed E-state index contributed by atoms with van der Waals surface area (Å²) in [5.41, 5.74) is 3.87. The van der Waals surface area contributed by atoms with Gasteiger partial charge < -0.3 is 14.6 Å². The zero-order valence-corrected chi connectivity index (χ0v) is 22.3. The number of rotatable bonds is 11. The van der Waals surface area contributed by atoms with Crippen molar-refractivity contribution in [2.24, 2.45) is 0 Å². The SMILES string of the molecule is CCc1nn(-c2ccccc2)c(Oc2ccc(C)cc2)c1CN(C[C@@H](O)COC(C)(C)C)C(C)C. The van der Waals surface area contributed by atoms with Crippen LogP contribution in [-0.4, -0.2) is 50.7 Å². The first-order valence-electron chi connectivity index (χ1n) is 12.5. The molecule has 0 saturated carbocycles. The molecule has 2 aromatic carbocycles. The molecule has 0 aliphatic rings. The van der Waals surface area contributed by atoms with Crippen LogP contribution in [0.15, 0.2) is 54.6 Å². The van der Waals surface area contributed by atoms with Gasteiger partial charge in [0.15, 0.2) is 0 Å². The highest BCUT2D eigenvalue weighted by molar-refractivity contribution is 5.44. The number of aliphatic hydroxyl groups is 1. The van der Waals surface area contributed by atoms with E-state index in [1.54, 1.807) is 0 Å². The van der Waals surface area contributed by atoms with Crippen LogP contribution in [0.25, 0.3) is 5.69 Å². The summed E-state index contributed by atoms with van der Waals surface area (Å²) in [7, 11) is 0. The zero-order chi connectivity index (χ0) is 25.6. The van der Waals surface area contributed by atoms with Gasteiger partial charge in [0.2, 0.25) is 5.88 Å². The molecule has 0 unspecified atom stereocenters. The minimum Gasteiger partial charge on any atom is -0.439 e. The molecule has 0 radical (unpaired) electrons. The lowest BCUT2D eigenvalue weighted by Gasteiger charge is -2.30. The highest BCUT2D eigenvalue weighted by atomic mass is 16.5. The topological polar surface area (TPSA) is 59.8 Å². The number of aryl methyl sites for hydroxylation is 2. The van der Waals surface area contributed by atoms with Crippen LogP contribution >= 0.6 is 0 Å². The smallest absolute Gasteiger partial charge is 0.227 e. The molecule has 1 atom stereocenters. The number of aromatic nitrogens is 2. The standard InChI is InChI=1S/C29H41N3O3/c1-8-27-26(19-31(21(2)3)18-24(33)20-34-29(5,6)7)28(35-25-16-14-22(4)15-17-25)32(30-27)23-12-10-9-11-13-23/h9-17,21,24,33H,8,18-20H2,1-7H3/t24-/m1/s1. The summed E-state index contributed by atoms with van der Waals surface area (Å²) in [6.07, 6.45) is 0.188. The van der Waals surface area contributed by atoms with Gasteiger partial charge in [-0.1, -0.05) is 42.8 Å². The molecule has 1 N–H and O–H groups in total. The quantitative estimate of drug-likeness (QED) is 0.370.